The molecule has 1 aromatic rings. The lowest BCUT2D eigenvalue weighted by Crippen LogP contribution is -2.38. The highest BCUT2D eigenvalue weighted by Crippen LogP contribution is 2.18. The molecule has 1 aromatic carbocycles. The third-order valence-corrected chi connectivity index (χ3v) is 3.77. The van der Waals surface area contributed by atoms with Crippen molar-refractivity contribution in [2.24, 2.45) is 11.8 Å². The van der Waals surface area contributed by atoms with Crippen molar-refractivity contribution in [1.29, 1.82) is 0 Å². The number of hydrogen-bond acceptors (Lipinski definition) is 2. The molecule has 0 spiro atoms. The molecule has 1 atom stereocenters. The van der Waals surface area contributed by atoms with E-state index in [1.165, 1.54) is 29.5 Å². The SMILES string of the molecule is CCC(CC)CC(Cc1cc(C)cc(C)c1)NN. The van der Waals surface area contributed by atoms with Crippen molar-refractivity contribution in [3.05, 3.63) is 34.9 Å². The number of nitrogens with two attached hydrogens (primary N) is 1. The van der Waals surface area contributed by atoms with Gasteiger partial charge < -0.3 is 0 Å². The molecule has 0 aliphatic heterocycles. The highest BCUT2D eigenvalue weighted by atomic mass is 15.2. The first kappa shape index (κ1) is 15.2. The highest BCUT2D eigenvalue weighted by molar-refractivity contribution is 5.29. The Bertz CT molecular complexity index is 336. The molecule has 0 saturated carbocycles. The van der Waals surface area contributed by atoms with E-state index in [9.17, 15) is 0 Å². The van der Waals surface area contributed by atoms with Gasteiger partial charge in [0.15, 0.2) is 0 Å². The summed E-state index contributed by atoms with van der Waals surface area (Å²) in [6.45, 7) is 8.83. The number of rotatable bonds is 7. The fourth-order valence-corrected chi connectivity index (χ4v) is 2.71. The second-order valence-corrected chi connectivity index (χ2v) is 5.48. The van der Waals surface area contributed by atoms with E-state index in [0.717, 1.165) is 18.8 Å². The maximum Gasteiger partial charge on any atom is 0.0253 e. The first-order chi connectivity index (χ1) is 8.58. The minimum atomic E-state index is 0.385. The average molecular weight is 248 g/mol. The molecule has 0 fully saturated rings. The molecule has 102 valence electrons. The lowest BCUT2D eigenvalue weighted by atomic mass is 9.91. The smallest absolute Gasteiger partial charge is 0.0253 e. The van der Waals surface area contributed by atoms with Crippen LogP contribution in [0.2, 0.25) is 0 Å². The molecule has 0 heterocycles. The standard InChI is InChI=1S/C16H28N2/c1-5-14(6-2)10-16(18-17)11-15-8-12(3)7-13(4)9-15/h7-9,14,16,18H,5-6,10-11,17H2,1-4H3. The number of aryl methyl sites for hydroxylation is 2. The Kier molecular flexibility index (Phi) is 6.37. The molecule has 0 amide bonds. The molecule has 2 nitrogen and oxygen atoms in total. The van der Waals surface area contributed by atoms with E-state index in [1.807, 2.05) is 0 Å². The van der Waals surface area contributed by atoms with Gasteiger partial charge in [-0.3, -0.25) is 11.3 Å². The predicted molar refractivity (Wildman–Crippen MR) is 79.4 cm³/mol. The normalized spacial score (nSPS) is 13.0. The van der Waals surface area contributed by atoms with Crippen LogP contribution in [0.15, 0.2) is 18.2 Å². The molecule has 2 heteroatoms. The van der Waals surface area contributed by atoms with E-state index >= 15 is 0 Å². The van der Waals surface area contributed by atoms with E-state index in [2.05, 4.69) is 51.3 Å². The second kappa shape index (κ2) is 7.55. The summed E-state index contributed by atoms with van der Waals surface area (Å²) in [7, 11) is 0. The van der Waals surface area contributed by atoms with Gasteiger partial charge in [0.1, 0.15) is 0 Å². The van der Waals surface area contributed by atoms with Crippen molar-refractivity contribution in [2.75, 3.05) is 0 Å². The van der Waals surface area contributed by atoms with Crippen LogP contribution in [0.3, 0.4) is 0 Å². The zero-order valence-corrected chi connectivity index (χ0v) is 12.3. The summed E-state index contributed by atoms with van der Waals surface area (Å²) in [4.78, 5) is 0. The second-order valence-electron chi connectivity index (χ2n) is 5.48. The predicted octanol–water partition coefficient (Wildman–Crippen LogP) is 3.50. The monoisotopic (exact) mass is 248 g/mol. The first-order valence-corrected chi connectivity index (χ1v) is 7.12. The fourth-order valence-electron chi connectivity index (χ4n) is 2.71. The molecule has 0 radical (unpaired) electrons. The maximum atomic E-state index is 5.70. The molecule has 0 bridgehead atoms. The van der Waals surface area contributed by atoms with Crippen LogP contribution in [0.4, 0.5) is 0 Å². The van der Waals surface area contributed by atoms with Crippen LogP contribution in [-0.2, 0) is 6.42 Å². The van der Waals surface area contributed by atoms with Crippen molar-refractivity contribution in [3.8, 4) is 0 Å². The molecule has 1 rings (SSSR count). The van der Waals surface area contributed by atoms with Crippen molar-refractivity contribution in [1.82, 2.24) is 5.43 Å². The number of hydrazine groups is 1. The van der Waals surface area contributed by atoms with Crippen LogP contribution in [-0.4, -0.2) is 6.04 Å². The van der Waals surface area contributed by atoms with E-state index in [1.54, 1.807) is 0 Å². The van der Waals surface area contributed by atoms with Crippen LogP contribution < -0.4 is 11.3 Å². The zero-order chi connectivity index (χ0) is 13.5. The molecule has 18 heavy (non-hydrogen) atoms. The average Bonchev–Trinajstić information content (AvgIpc) is 2.33. The Hall–Kier alpha value is -0.860. The Morgan fingerprint density at radius 3 is 2.06 bits per heavy atom. The van der Waals surface area contributed by atoms with Gasteiger partial charge in [-0.05, 0) is 38.2 Å². The van der Waals surface area contributed by atoms with Gasteiger partial charge in [-0.1, -0.05) is 56.0 Å². The fraction of sp³-hybridized carbons (Fsp3) is 0.625. The summed E-state index contributed by atoms with van der Waals surface area (Å²) < 4.78 is 0. The summed E-state index contributed by atoms with van der Waals surface area (Å²) in [5, 5.41) is 0. The number of hydrogen-bond donors (Lipinski definition) is 2. The summed E-state index contributed by atoms with van der Waals surface area (Å²) >= 11 is 0. The van der Waals surface area contributed by atoms with Gasteiger partial charge in [0.05, 0.1) is 0 Å². The summed E-state index contributed by atoms with van der Waals surface area (Å²) in [5.74, 6) is 6.48. The quantitative estimate of drug-likeness (QED) is 0.572. The molecule has 0 saturated heterocycles. The zero-order valence-electron chi connectivity index (χ0n) is 12.3. The number of nitrogens with one attached hydrogen (secondary N) is 1. The molecule has 0 aromatic heterocycles. The van der Waals surface area contributed by atoms with Gasteiger partial charge in [0.25, 0.3) is 0 Å². The van der Waals surface area contributed by atoms with Crippen molar-refractivity contribution in [2.45, 2.75) is 59.4 Å². The van der Waals surface area contributed by atoms with E-state index < -0.39 is 0 Å². The molecule has 0 aliphatic rings. The molecular weight excluding hydrogens is 220 g/mol. The molecular formula is C16H28N2. The van der Waals surface area contributed by atoms with E-state index in [-0.39, 0.29) is 0 Å². The van der Waals surface area contributed by atoms with Crippen LogP contribution >= 0.6 is 0 Å². The Morgan fingerprint density at radius 1 is 1.06 bits per heavy atom. The van der Waals surface area contributed by atoms with Gasteiger partial charge in [-0.2, -0.15) is 0 Å². The summed E-state index contributed by atoms with van der Waals surface area (Å²) in [6.07, 6.45) is 4.66. The molecule has 1 unspecified atom stereocenters. The molecule has 0 aliphatic carbocycles. The Balaban J connectivity index is 2.67. The number of benzene rings is 1. The van der Waals surface area contributed by atoms with Gasteiger partial charge in [-0.25, -0.2) is 0 Å². The minimum Gasteiger partial charge on any atom is -0.271 e. The van der Waals surface area contributed by atoms with Crippen molar-refractivity contribution < 1.29 is 0 Å². The summed E-state index contributed by atoms with van der Waals surface area (Å²) in [5.41, 5.74) is 7.05. The van der Waals surface area contributed by atoms with Gasteiger partial charge in [-0.15, -0.1) is 0 Å². The lowest BCUT2D eigenvalue weighted by Gasteiger charge is -2.21. The van der Waals surface area contributed by atoms with Crippen molar-refractivity contribution >= 4 is 0 Å². The van der Waals surface area contributed by atoms with Gasteiger partial charge in [0, 0.05) is 6.04 Å². The van der Waals surface area contributed by atoms with Crippen LogP contribution in [0.1, 0.15) is 49.8 Å². The van der Waals surface area contributed by atoms with Crippen LogP contribution in [0.5, 0.6) is 0 Å². The van der Waals surface area contributed by atoms with Gasteiger partial charge >= 0.3 is 0 Å². The highest BCUT2D eigenvalue weighted by Gasteiger charge is 2.13. The Morgan fingerprint density at radius 2 is 1.61 bits per heavy atom. The lowest BCUT2D eigenvalue weighted by molar-refractivity contribution is 0.366. The Labute approximate surface area is 112 Å². The van der Waals surface area contributed by atoms with E-state index in [4.69, 9.17) is 5.84 Å². The third-order valence-electron chi connectivity index (χ3n) is 3.77. The van der Waals surface area contributed by atoms with E-state index in [0.29, 0.717) is 6.04 Å². The first-order valence-electron chi connectivity index (χ1n) is 7.12. The minimum absolute atomic E-state index is 0.385. The third kappa shape index (κ3) is 4.79. The van der Waals surface area contributed by atoms with Crippen LogP contribution in [0, 0.1) is 19.8 Å². The summed E-state index contributed by atoms with van der Waals surface area (Å²) in [6, 6.07) is 7.14. The largest absolute Gasteiger partial charge is 0.271 e. The maximum absolute atomic E-state index is 5.70. The molecule has 3 N–H and O–H groups in total. The van der Waals surface area contributed by atoms with Gasteiger partial charge in [0.2, 0.25) is 0 Å². The van der Waals surface area contributed by atoms with Crippen LogP contribution in [0.25, 0.3) is 0 Å². The topological polar surface area (TPSA) is 38.0 Å². The van der Waals surface area contributed by atoms with Crippen molar-refractivity contribution in [3.63, 3.8) is 0 Å².